The highest BCUT2D eigenvalue weighted by atomic mass is 35.5. The van der Waals surface area contributed by atoms with Crippen LogP contribution >= 0.6 is 11.6 Å². The van der Waals surface area contributed by atoms with E-state index in [9.17, 15) is 4.39 Å². The molecule has 0 aliphatic carbocycles. The molecule has 1 aromatic rings. The van der Waals surface area contributed by atoms with Gasteiger partial charge in [-0.25, -0.2) is 4.39 Å². The molecule has 0 atom stereocenters. The molecule has 1 aromatic carbocycles. The normalized spacial score (nSPS) is 10.1. The molecule has 0 bridgehead atoms. The maximum Gasteiger partial charge on any atom is 0.146 e. The first kappa shape index (κ1) is 12.1. The third kappa shape index (κ3) is 3.24. The van der Waals surface area contributed by atoms with Crippen molar-refractivity contribution in [3.8, 4) is 0 Å². The maximum atomic E-state index is 13.5. The molecule has 3 heteroatoms. The van der Waals surface area contributed by atoms with E-state index in [1.54, 1.807) is 12.1 Å². The van der Waals surface area contributed by atoms with Gasteiger partial charge in [0, 0.05) is 19.0 Å². The number of alkyl halides is 1. The number of para-hydroxylation sites is 1. The first-order chi connectivity index (χ1) is 7.19. The summed E-state index contributed by atoms with van der Waals surface area (Å²) in [5, 5.41) is 0. The van der Waals surface area contributed by atoms with E-state index in [0.717, 1.165) is 12.1 Å². The van der Waals surface area contributed by atoms with Crippen LogP contribution in [0.3, 0.4) is 0 Å². The topological polar surface area (TPSA) is 3.24 Å². The predicted molar refractivity (Wildman–Crippen MR) is 64.1 cm³/mol. The van der Waals surface area contributed by atoms with Gasteiger partial charge >= 0.3 is 0 Å². The van der Waals surface area contributed by atoms with Crippen molar-refractivity contribution in [3.05, 3.63) is 42.2 Å². The molecule has 0 aromatic heterocycles. The Hall–Kier alpha value is -1.02. The molecule has 0 N–H and O–H groups in total. The minimum absolute atomic E-state index is 0.207. The molecule has 0 fully saturated rings. The molecular formula is C12H15ClFN. The highest BCUT2D eigenvalue weighted by Crippen LogP contribution is 2.19. The lowest BCUT2D eigenvalue weighted by molar-refractivity contribution is 0.621. The van der Waals surface area contributed by atoms with Crippen LogP contribution in [0.15, 0.2) is 36.4 Å². The molecule has 0 unspecified atom stereocenters. The number of anilines is 1. The number of halogens is 2. The molecule has 0 heterocycles. The van der Waals surface area contributed by atoms with Crippen LogP contribution in [0.2, 0.25) is 0 Å². The smallest absolute Gasteiger partial charge is 0.146 e. The van der Waals surface area contributed by atoms with Gasteiger partial charge in [-0.1, -0.05) is 18.7 Å². The summed E-state index contributed by atoms with van der Waals surface area (Å²) in [5.74, 6) is 0.201. The Kier molecular flexibility index (Phi) is 4.63. The second-order valence-corrected chi connectivity index (χ2v) is 3.62. The van der Waals surface area contributed by atoms with E-state index < -0.39 is 0 Å². The van der Waals surface area contributed by atoms with Gasteiger partial charge in [0.1, 0.15) is 5.82 Å². The molecule has 0 radical (unpaired) electrons. The fraction of sp³-hybridized carbons (Fsp3) is 0.333. The predicted octanol–water partition coefficient (Wildman–Crippen LogP) is 3.45. The molecule has 1 nitrogen and oxygen atoms in total. The highest BCUT2D eigenvalue weighted by molar-refractivity contribution is 6.19. The molecular weight excluding hydrogens is 213 g/mol. The lowest BCUT2D eigenvalue weighted by Crippen LogP contribution is -2.26. The van der Waals surface area contributed by atoms with Crippen LogP contribution in [-0.2, 0) is 0 Å². The molecule has 82 valence electrons. The fourth-order valence-corrected chi connectivity index (χ4v) is 1.47. The summed E-state index contributed by atoms with van der Waals surface area (Å²) in [6.45, 7) is 7.13. The fourth-order valence-electron chi connectivity index (χ4n) is 1.39. The Morgan fingerprint density at radius 1 is 1.47 bits per heavy atom. The minimum atomic E-state index is -0.207. The number of benzene rings is 1. The van der Waals surface area contributed by atoms with E-state index in [4.69, 9.17) is 11.6 Å². The van der Waals surface area contributed by atoms with Crippen molar-refractivity contribution in [3.63, 3.8) is 0 Å². The second-order valence-electron chi connectivity index (χ2n) is 3.35. The minimum Gasteiger partial charge on any atom is -0.365 e. The van der Waals surface area contributed by atoms with Crippen molar-refractivity contribution >= 4 is 17.3 Å². The number of hydrogen-bond donors (Lipinski definition) is 0. The van der Waals surface area contributed by atoms with Crippen molar-refractivity contribution in [2.75, 3.05) is 23.9 Å². The van der Waals surface area contributed by atoms with Gasteiger partial charge in [0.2, 0.25) is 0 Å². The third-order valence-corrected chi connectivity index (χ3v) is 2.56. The summed E-state index contributed by atoms with van der Waals surface area (Å²) in [4.78, 5) is 1.92. The summed E-state index contributed by atoms with van der Waals surface area (Å²) in [6.07, 6.45) is 0. The summed E-state index contributed by atoms with van der Waals surface area (Å²) in [5.41, 5.74) is 1.49. The van der Waals surface area contributed by atoms with Crippen LogP contribution in [0.1, 0.15) is 6.92 Å². The number of rotatable bonds is 5. The highest BCUT2D eigenvalue weighted by Gasteiger charge is 2.09. The van der Waals surface area contributed by atoms with Crippen LogP contribution < -0.4 is 4.90 Å². The lowest BCUT2D eigenvalue weighted by atomic mass is 10.2. The van der Waals surface area contributed by atoms with Crippen LogP contribution in [0, 0.1) is 5.82 Å². The van der Waals surface area contributed by atoms with Gasteiger partial charge in [-0.15, -0.1) is 11.6 Å². The standard InChI is InChI=1S/C12H15ClFN/c1-3-15(9-10(2)8-13)12-7-5-4-6-11(12)14/h4-7H,2-3,8-9H2,1H3. The van der Waals surface area contributed by atoms with E-state index in [2.05, 4.69) is 6.58 Å². The van der Waals surface area contributed by atoms with Crippen molar-refractivity contribution in [2.45, 2.75) is 6.92 Å². The Balaban J connectivity index is 2.83. The van der Waals surface area contributed by atoms with Gasteiger partial charge in [-0.05, 0) is 24.6 Å². The largest absolute Gasteiger partial charge is 0.365 e. The Morgan fingerprint density at radius 2 is 2.13 bits per heavy atom. The van der Waals surface area contributed by atoms with Gasteiger partial charge < -0.3 is 4.90 Å². The number of likely N-dealkylation sites (N-methyl/N-ethyl adjacent to an activating group) is 1. The van der Waals surface area contributed by atoms with Gasteiger partial charge in [-0.3, -0.25) is 0 Å². The molecule has 0 amide bonds. The number of nitrogens with zero attached hydrogens (tertiary/aromatic N) is 1. The maximum absolute atomic E-state index is 13.5. The first-order valence-corrected chi connectivity index (χ1v) is 5.44. The first-order valence-electron chi connectivity index (χ1n) is 4.91. The molecule has 0 saturated carbocycles. The molecule has 15 heavy (non-hydrogen) atoms. The van der Waals surface area contributed by atoms with Gasteiger partial charge in [0.15, 0.2) is 0 Å². The van der Waals surface area contributed by atoms with E-state index in [1.807, 2.05) is 17.9 Å². The molecule has 0 aliphatic rings. The lowest BCUT2D eigenvalue weighted by Gasteiger charge is -2.24. The quantitative estimate of drug-likeness (QED) is 0.550. The summed E-state index contributed by atoms with van der Waals surface area (Å²) >= 11 is 5.66. The Bertz CT molecular complexity index is 338. The monoisotopic (exact) mass is 227 g/mol. The van der Waals surface area contributed by atoms with Crippen LogP contribution in [-0.4, -0.2) is 19.0 Å². The summed E-state index contributed by atoms with van der Waals surface area (Å²) in [6, 6.07) is 6.73. The van der Waals surface area contributed by atoms with E-state index in [0.29, 0.717) is 18.1 Å². The zero-order valence-electron chi connectivity index (χ0n) is 8.84. The van der Waals surface area contributed by atoms with Gasteiger partial charge in [-0.2, -0.15) is 0 Å². The van der Waals surface area contributed by atoms with Crippen molar-refractivity contribution in [1.82, 2.24) is 0 Å². The Labute approximate surface area is 95.2 Å². The van der Waals surface area contributed by atoms with Crippen LogP contribution in [0.4, 0.5) is 10.1 Å². The zero-order chi connectivity index (χ0) is 11.3. The van der Waals surface area contributed by atoms with E-state index in [1.165, 1.54) is 6.07 Å². The second kappa shape index (κ2) is 5.76. The average molecular weight is 228 g/mol. The Morgan fingerprint density at radius 3 is 2.67 bits per heavy atom. The van der Waals surface area contributed by atoms with Crippen molar-refractivity contribution < 1.29 is 4.39 Å². The SMILES string of the molecule is C=C(CCl)CN(CC)c1ccccc1F. The van der Waals surface area contributed by atoms with Crippen LogP contribution in [0.5, 0.6) is 0 Å². The van der Waals surface area contributed by atoms with Gasteiger partial charge in [0.05, 0.1) is 5.69 Å². The molecule has 0 aliphatic heterocycles. The summed E-state index contributed by atoms with van der Waals surface area (Å²) < 4.78 is 13.5. The zero-order valence-corrected chi connectivity index (χ0v) is 9.60. The summed E-state index contributed by atoms with van der Waals surface area (Å²) in [7, 11) is 0. The van der Waals surface area contributed by atoms with E-state index in [-0.39, 0.29) is 5.82 Å². The van der Waals surface area contributed by atoms with E-state index >= 15 is 0 Å². The van der Waals surface area contributed by atoms with Gasteiger partial charge in [0.25, 0.3) is 0 Å². The van der Waals surface area contributed by atoms with Crippen LogP contribution in [0.25, 0.3) is 0 Å². The molecule has 0 spiro atoms. The third-order valence-electron chi connectivity index (χ3n) is 2.18. The molecule has 0 saturated heterocycles. The number of hydrogen-bond acceptors (Lipinski definition) is 1. The van der Waals surface area contributed by atoms with Crippen molar-refractivity contribution in [2.24, 2.45) is 0 Å². The average Bonchev–Trinajstić information content (AvgIpc) is 2.26. The van der Waals surface area contributed by atoms with Crippen molar-refractivity contribution in [1.29, 1.82) is 0 Å². The molecule has 1 rings (SSSR count).